The molecular formula is C15H19N3O. The molecule has 100 valence electrons. The number of ether oxygens (including phenoxy) is 1. The van der Waals surface area contributed by atoms with E-state index in [0.717, 1.165) is 17.3 Å². The molecule has 0 aliphatic rings. The molecule has 2 rings (SSSR count). The fraction of sp³-hybridized carbons (Fsp3) is 0.333. The van der Waals surface area contributed by atoms with Crippen LogP contribution in [0.3, 0.4) is 0 Å². The number of nitrogens with zero attached hydrogens (tertiary/aromatic N) is 2. The van der Waals surface area contributed by atoms with Crippen LogP contribution in [0.2, 0.25) is 0 Å². The van der Waals surface area contributed by atoms with Crippen molar-refractivity contribution in [1.82, 2.24) is 9.97 Å². The van der Waals surface area contributed by atoms with Gasteiger partial charge in [0.15, 0.2) is 0 Å². The molecule has 4 nitrogen and oxygen atoms in total. The molecule has 1 N–H and O–H groups in total. The van der Waals surface area contributed by atoms with Crippen molar-refractivity contribution in [2.24, 2.45) is 0 Å². The summed E-state index contributed by atoms with van der Waals surface area (Å²) in [5.74, 6) is 2.14. The number of nitrogens with one attached hydrogen (secondary N) is 1. The van der Waals surface area contributed by atoms with Gasteiger partial charge in [-0.1, -0.05) is 26.0 Å². The van der Waals surface area contributed by atoms with Gasteiger partial charge in [-0.15, -0.1) is 0 Å². The van der Waals surface area contributed by atoms with E-state index in [-0.39, 0.29) is 0 Å². The molecule has 0 bridgehead atoms. The first-order valence-corrected chi connectivity index (χ1v) is 6.40. The van der Waals surface area contributed by atoms with Crippen LogP contribution >= 0.6 is 0 Å². The second kappa shape index (κ2) is 6.18. The first-order chi connectivity index (χ1) is 9.19. The quantitative estimate of drug-likeness (QED) is 0.893. The summed E-state index contributed by atoms with van der Waals surface area (Å²) in [4.78, 5) is 8.45. The zero-order valence-corrected chi connectivity index (χ0v) is 11.6. The number of benzene rings is 1. The highest BCUT2D eigenvalue weighted by Crippen LogP contribution is 2.19. The Morgan fingerprint density at radius 3 is 2.37 bits per heavy atom. The van der Waals surface area contributed by atoms with Crippen LogP contribution in [0.15, 0.2) is 36.7 Å². The highest BCUT2D eigenvalue weighted by molar-refractivity contribution is 5.30. The van der Waals surface area contributed by atoms with E-state index < -0.39 is 0 Å². The molecule has 1 aromatic heterocycles. The smallest absolute Gasteiger partial charge is 0.144 e. The molecule has 0 fully saturated rings. The average Bonchev–Trinajstić information content (AvgIpc) is 2.46. The second-order valence-corrected chi connectivity index (χ2v) is 4.66. The maximum atomic E-state index is 5.68. The molecule has 1 heterocycles. The lowest BCUT2D eigenvalue weighted by atomic mass is 10.0. The van der Waals surface area contributed by atoms with Gasteiger partial charge in [0.25, 0.3) is 0 Å². The van der Waals surface area contributed by atoms with Gasteiger partial charge >= 0.3 is 0 Å². The van der Waals surface area contributed by atoms with Crippen molar-refractivity contribution in [2.75, 3.05) is 12.4 Å². The average molecular weight is 257 g/mol. The van der Waals surface area contributed by atoms with Crippen molar-refractivity contribution >= 4 is 5.82 Å². The summed E-state index contributed by atoms with van der Waals surface area (Å²) < 4.78 is 5.68. The molecule has 1 aromatic carbocycles. The predicted octanol–water partition coefficient (Wildman–Crippen LogP) is 3.22. The second-order valence-electron chi connectivity index (χ2n) is 4.66. The number of rotatable bonds is 5. The molecule has 0 saturated heterocycles. The van der Waals surface area contributed by atoms with E-state index in [4.69, 9.17) is 4.74 Å². The van der Waals surface area contributed by atoms with Crippen molar-refractivity contribution in [2.45, 2.75) is 26.4 Å². The van der Waals surface area contributed by atoms with Crippen LogP contribution in [0.25, 0.3) is 0 Å². The molecule has 0 saturated carbocycles. The molecule has 0 unspecified atom stereocenters. The van der Waals surface area contributed by atoms with E-state index in [1.54, 1.807) is 12.4 Å². The minimum Gasteiger partial charge on any atom is -0.487 e. The van der Waals surface area contributed by atoms with Crippen molar-refractivity contribution < 1.29 is 4.74 Å². The molecule has 4 heteroatoms. The molecule has 0 atom stereocenters. The number of hydrogen-bond donors (Lipinski definition) is 1. The van der Waals surface area contributed by atoms with Crippen LogP contribution in [0, 0.1) is 0 Å². The van der Waals surface area contributed by atoms with Crippen LogP contribution in [0.5, 0.6) is 5.75 Å². The molecule has 0 amide bonds. The molecule has 0 aliphatic heterocycles. The predicted molar refractivity (Wildman–Crippen MR) is 76.4 cm³/mol. The summed E-state index contributed by atoms with van der Waals surface area (Å²) in [6.07, 6.45) is 3.41. The third kappa shape index (κ3) is 3.68. The maximum Gasteiger partial charge on any atom is 0.144 e. The monoisotopic (exact) mass is 257 g/mol. The van der Waals surface area contributed by atoms with E-state index in [1.165, 1.54) is 5.56 Å². The molecule has 0 aliphatic carbocycles. The normalized spacial score (nSPS) is 10.5. The minimum absolute atomic E-state index is 0.429. The Morgan fingerprint density at radius 1 is 1.11 bits per heavy atom. The van der Waals surface area contributed by atoms with E-state index in [0.29, 0.717) is 12.5 Å². The summed E-state index contributed by atoms with van der Waals surface area (Å²) in [6.45, 7) is 4.78. The van der Waals surface area contributed by atoms with Crippen molar-refractivity contribution in [3.63, 3.8) is 0 Å². The fourth-order valence-electron chi connectivity index (χ4n) is 1.66. The van der Waals surface area contributed by atoms with Crippen LogP contribution < -0.4 is 10.1 Å². The summed E-state index contributed by atoms with van der Waals surface area (Å²) in [5, 5.41) is 2.93. The summed E-state index contributed by atoms with van der Waals surface area (Å²) in [7, 11) is 1.82. The van der Waals surface area contributed by atoms with Crippen molar-refractivity contribution in [1.29, 1.82) is 0 Å². The highest BCUT2D eigenvalue weighted by atomic mass is 16.5. The zero-order valence-electron chi connectivity index (χ0n) is 11.6. The molecule has 0 radical (unpaired) electrons. The van der Waals surface area contributed by atoms with Gasteiger partial charge in [-0.05, 0) is 23.6 Å². The van der Waals surface area contributed by atoms with Crippen LogP contribution in [-0.4, -0.2) is 17.0 Å². The van der Waals surface area contributed by atoms with Crippen LogP contribution in [0.1, 0.15) is 31.0 Å². The van der Waals surface area contributed by atoms with Gasteiger partial charge in [0, 0.05) is 7.05 Å². The lowest BCUT2D eigenvalue weighted by Crippen LogP contribution is -2.01. The van der Waals surface area contributed by atoms with Crippen molar-refractivity contribution in [3.8, 4) is 5.75 Å². The first-order valence-electron chi connectivity index (χ1n) is 6.40. The summed E-state index contributed by atoms with van der Waals surface area (Å²) in [6, 6.07) is 8.17. The number of anilines is 1. The SMILES string of the molecule is CNc1cnc(COc2ccc(C(C)C)cc2)cn1. The van der Waals surface area contributed by atoms with Gasteiger partial charge in [0.2, 0.25) is 0 Å². The van der Waals surface area contributed by atoms with Gasteiger partial charge in [-0.3, -0.25) is 4.98 Å². The Balaban J connectivity index is 1.94. The Bertz CT molecular complexity index is 506. The molecular weight excluding hydrogens is 238 g/mol. The summed E-state index contributed by atoms with van der Waals surface area (Å²) >= 11 is 0. The summed E-state index contributed by atoms with van der Waals surface area (Å²) in [5.41, 5.74) is 2.12. The van der Waals surface area contributed by atoms with Gasteiger partial charge < -0.3 is 10.1 Å². The standard InChI is InChI=1S/C15H19N3O/c1-11(2)12-4-6-14(7-5-12)19-10-13-8-18-15(16-3)9-17-13/h4-9,11H,10H2,1-3H3,(H,16,18). The zero-order chi connectivity index (χ0) is 13.7. The van der Waals surface area contributed by atoms with E-state index >= 15 is 0 Å². The van der Waals surface area contributed by atoms with Crippen LogP contribution in [-0.2, 0) is 6.61 Å². The number of hydrogen-bond acceptors (Lipinski definition) is 4. The lowest BCUT2D eigenvalue weighted by Gasteiger charge is -2.08. The van der Waals surface area contributed by atoms with Crippen molar-refractivity contribution in [3.05, 3.63) is 47.9 Å². The maximum absolute atomic E-state index is 5.68. The molecule has 0 spiro atoms. The van der Waals surface area contributed by atoms with Gasteiger partial charge in [-0.2, -0.15) is 0 Å². The lowest BCUT2D eigenvalue weighted by molar-refractivity contribution is 0.300. The van der Waals surface area contributed by atoms with E-state index in [2.05, 4.69) is 41.3 Å². The number of aromatic nitrogens is 2. The van der Waals surface area contributed by atoms with Gasteiger partial charge in [-0.25, -0.2) is 4.98 Å². The van der Waals surface area contributed by atoms with Gasteiger partial charge in [0.1, 0.15) is 18.2 Å². The molecule has 2 aromatic rings. The topological polar surface area (TPSA) is 47.0 Å². The Morgan fingerprint density at radius 2 is 1.84 bits per heavy atom. The third-order valence-corrected chi connectivity index (χ3v) is 2.89. The molecule has 19 heavy (non-hydrogen) atoms. The third-order valence-electron chi connectivity index (χ3n) is 2.89. The van der Waals surface area contributed by atoms with Gasteiger partial charge in [0.05, 0.1) is 18.1 Å². The Labute approximate surface area is 113 Å². The Hall–Kier alpha value is -2.10. The van der Waals surface area contributed by atoms with E-state index in [9.17, 15) is 0 Å². The fourth-order valence-corrected chi connectivity index (χ4v) is 1.66. The van der Waals surface area contributed by atoms with E-state index in [1.807, 2.05) is 19.2 Å². The Kier molecular flexibility index (Phi) is 4.34. The van der Waals surface area contributed by atoms with Crippen LogP contribution in [0.4, 0.5) is 5.82 Å². The first kappa shape index (κ1) is 13.3. The highest BCUT2D eigenvalue weighted by Gasteiger charge is 2.01. The minimum atomic E-state index is 0.429. The largest absolute Gasteiger partial charge is 0.487 e.